The topological polar surface area (TPSA) is 6.48 Å². The molecular weight excluding hydrogens is 690 g/mol. The molecule has 0 unspecified atom stereocenters. The third-order valence-electron chi connectivity index (χ3n) is 5.21. The van der Waals surface area contributed by atoms with Crippen molar-refractivity contribution >= 4 is 31.4 Å². The molecule has 4 aromatic carbocycles. The fourth-order valence-corrected chi connectivity index (χ4v) is 4.99. The average Bonchev–Trinajstić information content (AvgIpc) is 3.41. The van der Waals surface area contributed by atoms with Gasteiger partial charge < -0.3 is 33.9 Å². The summed E-state index contributed by atoms with van der Waals surface area (Å²) in [5.41, 5.74) is 2.70. The van der Waals surface area contributed by atoms with Gasteiger partial charge in [-0.3, -0.25) is 0 Å². The monoisotopic (exact) mass is 728 g/mol. The molecule has 0 aliphatic carbocycles. The molecule has 4 rings (SSSR count). The maximum Gasteiger partial charge on any atom is 4.00 e. The first-order valence-electron chi connectivity index (χ1n) is 11.9. The quantitative estimate of drug-likeness (QED) is 0.139. The van der Waals surface area contributed by atoms with E-state index in [1.807, 2.05) is 24.3 Å². The molecule has 2 radical (unpaired) electrons. The third-order valence-corrected chi connectivity index (χ3v) is 6.50. The summed E-state index contributed by atoms with van der Waals surface area (Å²) in [4.78, 5) is 0. The van der Waals surface area contributed by atoms with Gasteiger partial charge in [0, 0.05) is 26.2 Å². The molecule has 0 heterocycles. The van der Waals surface area contributed by atoms with E-state index in [1.165, 1.54) is 32.7 Å². The normalized spacial score (nSPS) is 9.58. The molecule has 0 aromatic heterocycles. The Morgan fingerprint density at radius 2 is 0.947 bits per heavy atom. The summed E-state index contributed by atoms with van der Waals surface area (Å²) < 4.78 is 4.57. The Morgan fingerprint density at radius 1 is 0.632 bits per heavy atom. The van der Waals surface area contributed by atoms with Crippen molar-refractivity contribution in [2.24, 2.45) is 0 Å². The summed E-state index contributed by atoms with van der Waals surface area (Å²) in [6, 6.07) is 25.7. The van der Waals surface area contributed by atoms with Crippen LogP contribution in [0.4, 0.5) is 0 Å². The number of hydrogen-bond acceptors (Lipinski definition) is 2. The number of fused-ring (bicyclic) bond motifs is 2. The molecule has 0 N–H and O–H groups in total. The molecule has 6 heteroatoms. The van der Waals surface area contributed by atoms with E-state index in [0.717, 1.165) is 26.2 Å². The molecule has 0 atom stereocenters. The summed E-state index contributed by atoms with van der Waals surface area (Å²) in [7, 11) is 0.623. The first-order chi connectivity index (χ1) is 17.0. The predicted molar refractivity (Wildman–Crippen MR) is 158 cm³/mol. The molecule has 0 bridgehead atoms. The van der Waals surface area contributed by atoms with Crippen LogP contribution in [-0.2, 0) is 25.8 Å². The molecule has 0 saturated heterocycles. The van der Waals surface area contributed by atoms with Crippen LogP contribution < -0.4 is 24.8 Å². The number of aryl methyl sites for hydroxylation is 2. The van der Waals surface area contributed by atoms with Crippen LogP contribution in [0, 0.1) is 13.8 Å². The Labute approximate surface area is 264 Å². The first kappa shape index (κ1) is 38.4. The van der Waals surface area contributed by atoms with Gasteiger partial charge in [0.2, 0.25) is 0 Å². The molecule has 0 saturated carbocycles. The SMILES string of the molecule is C=CCN(CC=C)[Si]N(CC=C)CC=C.Cc1cc2ccccc2[cH-]1.Cc1cc2ccccc2[cH-]1.[Cl-].[Cl-].[Hf+4]. The van der Waals surface area contributed by atoms with E-state index in [4.69, 9.17) is 0 Å². The van der Waals surface area contributed by atoms with Crippen LogP contribution >= 0.6 is 0 Å². The molecule has 0 spiro atoms. The molecule has 2 nitrogen and oxygen atoms in total. The van der Waals surface area contributed by atoms with E-state index in [-0.39, 0.29) is 50.7 Å². The van der Waals surface area contributed by atoms with Crippen molar-refractivity contribution in [2.75, 3.05) is 26.2 Å². The van der Waals surface area contributed by atoms with Crippen molar-refractivity contribution in [3.63, 3.8) is 0 Å². The fourth-order valence-electron chi connectivity index (χ4n) is 3.75. The number of halogens is 2. The van der Waals surface area contributed by atoms with Gasteiger partial charge in [-0.25, -0.2) is 0 Å². The number of nitrogens with zero attached hydrogens (tertiary/aromatic N) is 2. The zero-order valence-electron chi connectivity index (χ0n) is 22.5. The Morgan fingerprint density at radius 3 is 1.24 bits per heavy atom. The van der Waals surface area contributed by atoms with Gasteiger partial charge in [0.05, 0.1) is 0 Å². The van der Waals surface area contributed by atoms with E-state index in [0.29, 0.717) is 9.84 Å². The standard InChI is InChI=1S/C12H20N2Si.2C10H9.2ClH.Hf/c1-5-9-13(10-6-2)15-14(11-7-3)12-8-4;2*1-8-6-9-4-2-3-5-10(9)7-8;;;/h5-8H,1-4,9-12H2;2*2-7H,1H3;2*1H;/q;2*-1;;;+4/p-2. The Balaban J connectivity index is 0. The van der Waals surface area contributed by atoms with Crippen LogP contribution in [0.15, 0.2) is 123 Å². The third kappa shape index (κ3) is 13.8. The Kier molecular flexibility index (Phi) is 22.3. The minimum absolute atomic E-state index is 0. The van der Waals surface area contributed by atoms with Crippen LogP contribution in [0.5, 0.6) is 0 Å². The summed E-state index contributed by atoms with van der Waals surface area (Å²) in [5, 5.41) is 5.39. The maximum atomic E-state index is 3.75. The van der Waals surface area contributed by atoms with Gasteiger partial charge >= 0.3 is 25.8 Å². The van der Waals surface area contributed by atoms with Crippen molar-refractivity contribution in [3.05, 3.63) is 135 Å². The van der Waals surface area contributed by atoms with Gasteiger partial charge in [0.15, 0.2) is 0 Å². The van der Waals surface area contributed by atoms with Crippen molar-refractivity contribution in [3.8, 4) is 0 Å². The largest absolute Gasteiger partial charge is 4.00 e. The molecule has 0 aliphatic heterocycles. The molecular formula is C32H38Cl2HfN2Si. The van der Waals surface area contributed by atoms with Gasteiger partial charge in [-0.2, -0.15) is 12.1 Å². The molecule has 38 heavy (non-hydrogen) atoms. The van der Waals surface area contributed by atoms with Crippen molar-refractivity contribution < 1.29 is 50.7 Å². The van der Waals surface area contributed by atoms with E-state index < -0.39 is 0 Å². The van der Waals surface area contributed by atoms with Gasteiger partial charge in [-0.05, 0) is 0 Å². The van der Waals surface area contributed by atoms with Crippen molar-refractivity contribution in [1.82, 2.24) is 9.13 Å². The van der Waals surface area contributed by atoms with Gasteiger partial charge in [0.1, 0.15) is 0 Å². The van der Waals surface area contributed by atoms with E-state index >= 15 is 0 Å². The first-order valence-corrected chi connectivity index (χ1v) is 12.8. The van der Waals surface area contributed by atoms with Crippen LogP contribution in [0.25, 0.3) is 21.5 Å². The van der Waals surface area contributed by atoms with Crippen LogP contribution in [0.3, 0.4) is 0 Å². The Bertz CT molecular complexity index is 1030. The van der Waals surface area contributed by atoms with Crippen molar-refractivity contribution in [2.45, 2.75) is 13.8 Å². The number of hydrogen-bond donors (Lipinski definition) is 0. The second-order valence-corrected chi connectivity index (χ2v) is 9.85. The Hall–Kier alpha value is -1.79. The maximum absolute atomic E-state index is 3.75. The average molecular weight is 728 g/mol. The van der Waals surface area contributed by atoms with Gasteiger partial charge in [-0.15, -0.1) is 108 Å². The second-order valence-electron chi connectivity index (χ2n) is 8.39. The van der Waals surface area contributed by atoms with E-state index in [9.17, 15) is 0 Å². The second kappa shape index (κ2) is 22.1. The fraction of sp³-hybridized carbons (Fsp3) is 0.188. The summed E-state index contributed by atoms with van der Waals surface area (Å²) in [6.07, 6.45) is 7.65. The number of rotatable bonds is 10. The number of benzene rings is 2. The van der Waals surface area contributed by atoms with E-state index in [2.05, 4.69) is 122 Å². The zero-order chi connectivity index (χ0) is 25.5. The van der Waals surface area contributed by atoms with Gasteiger partial charge in [0.25, 0.3) is 9.84 Å². The van der Waals surface area contributed by atoms with Crippen LogP contribution in [0.2, 0.25) is 0 Å². The molecule has 0 aliphatic rings. The summed E-state index contributed by atoms with van der Waals surface area (Å²) >= 11 is 0. The zero-order valence-corrected chi connectivity index (χ0v) is 28.6. The predicted octanol–water partition coefficient (Wildman–Crippen LogP) is 1.61. The van der Waals surface area contributed by atoms with Crippen molar-refractivity contribution in [1.29, 1.82) is 0 Å². The van der Waals surface area contributed by atoms with E-state index in [1.54, 1.807) is 0 Å². The molecule has 0 fully saturated rings. The van der Waals surface area contributed by atoms with Gasteiger partial charge in [-0.1, -0.05) is 50.3 Å². The molecule has 0 amide bonds. The minimum Gasteiger partial charge on any atom is -1.00 e. The summed E-state index contributed by atoms with van der Waals surface area (Å²) in [6.45, 7) is 22.8. The van der Waals surface area contributed by atoms with Crippen LogP contribution in [-0.4, -0.2) is 45.2 Å². The molecule has 198 valence electrons. The van der Waals surface area contributed by atoms with Crippen LogP contribution in [0.1, 0.15) is 11.1 Å². The molecule has 4 aromatic rings. The smallest absolute Gasteiger partial charge is 1.00 e. The summed E-state index contributed by atoms with van der Waals surface area (Å²) in [5.74, 6) is 0. The minimum atomic E-state index is 0.